The SMILES string of the molecule is CC(C)c1cc(NC(=O)CSc2ccc(N)cn2)on1. The number of nitrogen functional groups attached to an aromatic ring is 1. The van der Waals surface area contributed by atoms with Gasteiger partial charge in [-0.25, -0.2) is 4.98 Å². The van der Waals surface area contributed by atoms with Gasteiger partial charge < -0.3 is 10.3 Å². The van der Waals surface area contributed by atoms with Gasteiger partial charge in [-0.3, -0.25) is 10.1 Å². The Morgan fingerprint density at radius 2 is 2.30 bits per heavy atom. The molecule has 2 aromatic rings. The average Bonchev–Trinajstić information content (AvgIpc) is 2.87. The van der Waals surface area contributed by atoms with Crippen molar-refractivity contribution in [1.29, 1.82) is 0 Å². The van der Waals surface area contributed by atoms with Gasteiger partial charge in [0.05, 0.1) is 28.4 Å². The second kappa shape index (κ2) is 6.42. The first-order valence-electron chi connectivity index (χ1n) is 6.15. The number of anilines is 2. The summed E-state index contributed by atoms with van der Waals surface area (Å²) in [6.07, 6.45) is 1.56. The zero-order chi connectivity index (χ0) is 14.5. The number of nitrogens with two attached hydrogens (primary N) is 1. The Hall–Kier alpha value is -2.02. The number of thioether (sulfide) groups is 1. The Balaban J connectivity index is 1.84. The van der Waals surface area contributed by atoms with Crippen LogP contribution in [0, 0.1) is 0 Å². The van der Waals surface area contributed by atoms with Crippen molar-refractivity contribution in [2.24, 2.45) is 0 Å². The molecule has 1 amide bonds. The number of aromatic nitrogens is 2. The van der Waals surface area contributed by atoms with Crippen LogP contribution in [0.4, 0.5) is 11.6 Å². The van der Waals surface area contributed by atoms with Crippen molar-refractivity contribution < 1.29 is 9.32 Å². The van der Waals surface area contributed by atoms with Crippen LogP contribution in [0.25, 0.3) is 0 Å². The molecule has 0 radical (unpaired) electrons. The fraction of sp³-hybridized carbons (Fsp3) is 0.308. The van der Waals surface area contributed by atoms with Crippen molar-refractivity contribution >= 4 is 29.2 Å². The topological polar surface area (TPSA) is 94.0 Å². The molecule has 3 N–H and O–H groups in total. The van der Waals surface area contributed by atoms with E-state index in [-0.39, 0.29) is 17.6 Å². The van der Waals surface area contributed by atoms with Gasteiger partial charge in [-0.2, -0.15) is 0 Å². The van der Waals surface area contributed by atoms with Crippen LogP contribution < -0.4 is 11.1 Å². The van der Waals surface area contributed by atoms with Gasteiger partial charge in [0.2, 0.25) is 11.8 Å². The molecule has 0 fully saturated rings. The molecule has 0 spiro atoms. The average molecular weight is 292 g/mol. The Kier molecular flexibility index (Phi) is 4.62. The fourth-order valence-electron chi connectivity index (χ4n) is 1.41. The highest BCUT2D eigenvalue weighted by atomic mass is 32.2. The molecule has 6 nitrogen and oxygen atoms in total. The molecular formula is C13H16N4O2S. The molecule has 0 aliphatic carbocycles. The van der Waals surface area contributed by atoms with Crippen LogP contribution in [0.3, 0.4) is 0 Å². The van der Waals surface area contributed by atoms with Crippen molar-refractivity contribution in [2.45, 2.75) is 24.8 Å². The molecule has 0 aliphatic rings. The van der Waals surface area contributed by atoms with Crippen molar-refractivity contribution in [3.05, 3.63) is 30.1 Å². The second-order valence-electron chi connectivity index (χ2n) is 4.54. The van der Waals surface area contributed by atoms with Crippen LogP contribution in [0.15, 0.2) is 33.9 Å². The molecule has 0 unspecified atom stereocenters. The summed E-state index contributed by atoms with van der Waals surface area (Å²) in [7, 11) is 0. The number of carbonyl (C=O) groups excluding carboxylic acids is 1. The molecular weight excluding hydrogens is 276 g/mol. The van der Waals surface area contributed by atoms with Gasteiger partial charge in [0.15, 0.2) is 0 Å². The zero-order valence-corrected chi connectivity index (χ0v) is 12.1. The molecule has 0 bridgehead atoms. The van der Waals surface area contributed by atoms with E-state index in [1.54, 1.807) is 24.4 Å². The maximum Gasteiger partial charge on any atom is 0.237 e. The van der Waals surface area contributed by atoms with Crippen LogP contribution >= 0.6 is 11.8 Å². The van der Waals surface area contributed by atoms with Gasteiger partial charge in [0.1, 0.15) is 0 Å². The molecule has 20 heavy (non-hydrogen) atoms. The number of amides is 1. The summed E-state index contributed by atoms with van der Waals surface area (Å²) in [6, 6.07) is 5.26. The lowest BCUT2D eigenvalue weighted by Crippen LogP contribution is -2.13. The van der Waals surface area contributed by atoms with Crippen molar-refractivity contribution in [1.82, 2.24) is 10.1 Å². The number of hydrogen-bond donors (Lipinski definition) is 2. The molecule has 0 aromatic carbocycles. The van der Waals surface area contributed by atoms with Gasteiger partial charge in [-0.05, 0) is 18.1 Å². The molecule has 0 saturated carbocycles. The van der Waals surface area contributed by atoms with Gasteiger partial charge >= 0.3 is 0 Å². The minimum absolute atomic E-state index is 0.167. The van der Waals surface area contributed by atoms with E-state index in [2.05, 4.69) is 15.5 Å². The van der Waals surface area contributed by atoms with Crippen LogP contribution in [-0.4, -0.2) is 21.8 Å². The Labute approximate surface area is 121 Å². The summed E-state index contributed by atoms with van der Waals surface area (Å²) in [5, 5.41) is 7.28. The lowest BCUT2D eigenvalue weighted by atomic mass is 10.1. The standard InChI is InChI=1S/C13H16N4O2S/c1-8(2)10-5-12(19-17-10)16-11(18)7-20-13-4-3-9(14)6-15-13/h3-6,8H,7,14H2,1-2H3,(H,16,18). The number of hydrogen-bond acceptors (Lipinski definition) is 6. The number of carbonyl (C=O) groups is 1. The molecule has 106 valence electrons. The van der Waals surface area contributed by atoms with Gasteiger partial charge in [0.25, 0.3) is 0 Å². The molecule has 2 aromatic heterocycles. The first-order valence-corrected chi connectivity index (χ1v) is 7.14. The third kappa shape index (κ3) is 3.99. The van der Waals surface area contributed by atoms with Crippen molar-refractivity contribution in [3.8, 4) is 0 Å². The summed E-state index contributed by atoms with van der Waals surface area (Å²) in [5.74, 6) is 0.705. The molecule has 2 rings (SSSR count). The smallest absolute Gasteiger partial charge is 0.237 e. The minimum Gasteiger partial charge on any atom is -0.397 e. The highest BCUT2D eigenvalue weighted by molar-refractivity contribution is 7.99. The summed E-state index contributed by atoms with van der Waals surface area (Å²) in [5.41, 5.74) is 6.95. The van der Waals surface area contributed by atoms with Crippen LogP contribution in [0.2, 0.25) is 0 Å². The van der Waals surface area contributed by atoms with Crippen molar-refractivity contribution in [2.75, 3.05) is 16.8 Å². The fourth-order valence-corrected chi connectivity index (χ4v) is 2.05. The third-order valence-electron chi connectivity index (χ3n) is 2.49. The quantitative estimate of drug-likeness (QED) is 0.822. The van der Waals surface area contributed by atoms with E-state index in [1.165, 1.54) is 11.8 Å². The predicted octanol–water partition coefficient (Wildman–Crippen LogP) is 2.51. The summed E-state index contributed by atoms with van der Waals surface area (Å²) >= 11 is 1.33. The predicted molar refractivity (Wildman–Crippen MR) is 78.6 cm³/mol. The van der Waals surface area contributed by atoms with E-state index in [4.69, 9.17) is 10.3 Å². The van der Waals surface area contributed by atoms with Gasteiger partial charge in [-0.1, -0.05) is 30.8 Å². The van der Waals surface area contributed by atoms with E-state index in [9.17, 15) is 4.79 Å². The van der Waals surface area contributed by atoms with Crippen molar-refractivity contribution in [3.63, 3.8) is 0 Å². The second-order valence-corrected chi connectivity index (χ2v) is 5.53. The van der Waals surface area contributed by atoms with Crippen LogP contribution in [0.1, 0.15) is 25.5 Å². The van der Waals surface area contributed by atoms with E-state index < -0.39 is 0 Å². The summed E-state index contributed by atoms with van der Waals surface area (Å²) in [4.78, 5) is 15.9. The van der Waals surface area contributed by atoms with Gasteiger partial charge in [-0.15, -0.1) is 0 Å². The highest BCUT2D eigenvalue weighted by Crippen LogP contribution is 2.19. The van der Waals surface area contributed by atoms with E-state index in [0.29, 0.717) is 11.6 Å². The zero-order valence-electron chi connectivity index (χ0n) is 11.3. The number of nitrogens with zero attached hydrogens (tertiary/aromatic N) is 2. The molecule has 0 saturated heterocycles. The van der Waals surface area contributed by atoms with E-state index >= 15 is 0 Å². The minimum atomic E-state index is -0.167. The lowest BCUT2D eigenvalue weighted by Gasteiger charge is -2.01. The third-order valence-corrected chi connectivity index (χ3v) is 3.44. The Morgan fingerprint density at radius 3 is 2.90 bits per heavy atom. The molecule has 0 atom stereocenters. The number of rotatable bonds is 5. The maximum atomic E-state index is 11.8. The molecule has 0 aliphatic heterocycles. The van der Waals surface area contributed by atoms with E-state index in [1.807, 2.05) is 13.8 Å². The van der Waals surface area contributed by atoms with Crippen LogP contribution in [-0.2, 0) is 4.79 Å². The van der Waals surface area contributed by atoms with Crippen LogP contribution in [0.5, 0.6) is 0 Å². The highest BCUT2D eigenvalue weighted by Gasteiger charge is 2.10. The van der Waals surface area contributed by atoms with E-state index in [0.717, 1.165) is 10.7 Å². The molecule has 7 heteroatoms. The first-order chi connectivity index (χ1) is 9.54. The number of pyridine rings is 1. The normalized spacial score (nSPS) is 10.8. The lowest BCUT2D eigenvalue weighted by molar-refractivity contribution is -0.113. The Morgan fingerprint density at radius 1 is 1.50 bits per heavy atom. The largest absolute Gasteiger partial charge is 0.397 e. The monoisotopic (exact) mass is 292 g/mol. The number of nitrogens with one attached hydrogen (secondary N) is 1. The Bertz CT molecular complexity index is 580. The first kappa shape index (κ1) is 14.4. The summed E-state index contributed by atoms with van der Waals surface area (Å²) in [6.45, 7) is 4.01. The molecule has 2 heterocycles. The van der Waals surface area contributed by atoms with Gasteiger partial charge in [0, 0.05) is 6.07 Å². The summed E-state index contributed by atoms with van der Waals surface area (Å²) < 4.78 is 5.04. The maximum absolute atomic E-state index is 11.8.